The molecule has 8 heteroatoms. The number of thiophene rings is 1. The zero-order valence-electron chi connectivity index (χ0n) is 14.7. The van der Waals surface area contributed by atoms with Gasteiger partial charge >= 0.3 is 0 Å². The van der Waals surface area contributed by atoms with Gasteiger partial charge in [0, 0.05) is 52.0 Å². The molecule has 25 heavy (non-hydrogen) atoms. The van der Waals surface area contributed by atoms with Gasteiger partial charge in [0.2, 0.25) is 5.95 Å². The van der Waals surface area contributed by atoms with Crippen molar-refractivity contribution in [3.63, 3.8) is 0 Å². The summed E-state index contributed by atoms with van der Waals surface area (Å²) in [5.74, 6) is 2.81. The van der Waals surface area contributed by atoms with Gasteiger partial charge in [0.15, 0.2) is 0 Å². The van der Waals surface area contributed by atoms with Gasteiger partial charge in [0.05, 0.1) is 10.2 Å². The summed E-state index contributed by atoms with van der Waals surface area (Å²) in [7, 11) is 3.94. The zero-order valence-corrected chi connectivity index (χ0v) is 15.5. The van der Waals surface area contributed by atoms with Gasteiger partial charge in [-0.1, -0.05) is 0 Å². The van der Waals surface area contributed by atoms with Crippen molar-refractivity contribution in [3.05, 3.63) is 29.5 Å². The third-order valence-corrected chi connectivity index (χ3v) is 5.26. The van der Waals surface area contributed by atoms with Crippen molar-refractivity contribution in [3.8, 4) is 0 Å². The Hall–Kier alpha value is -2.48. The maximum Gasteiger partial charge on any atom is 0.226 e. The highest BCUT2D eigenvalue weighted by Crippen LogP contribution is 2.29. The third-order valence-electron chi connectivity index (χ3n) is 4.36. The van der Waals surface area contributed by atoms with Crippen LogP contribution in [0.5, 0.6) is 0 Å². The summed E-state index contributed by atoms with van der Waals surface area (Å²) in [5, 5.41) is 2.07. The summed E-state index contributed by atoms with van der Waals surface area (Å²) in [6.45, 7) is 5.69. The second kappa shape index (κ2) is 6.44. The number of aromatic nitrogens is 4. The zero-order chi connectivity index (χ0) is 17.4. The lowest BCUT2D eigenvalue weighted by Gasteiger charge is -2.36. The number of fused-ring (bicyclic) bond motifs is 1. The van der Waals surface area contributed by atoms with Crippen molar-refractivity contribution < 1.29 is 0 Å². The molecular formula is C17H21N7S. The van der Waals surface area contributed by atoms with Crippen molar-refractivity contribution in [2.45, 2.75) is 6.92 Å². The summed E-state index contributed by atoms with van der Waals surface area (Å²) >= 11 is 1.71. The molecule has 0 radical (unpaired) electrons. The van der Waals surface area contributed by atoms with Gasteiger partial charge in [0.25, 0.3) is 0 Å². The molecule has 0 saturated carbocycles. The van der Waals surface area contributed by atoms with Crippen LogP contribution in [0.2, 0.25) is 0 Å². The van der Waals surface area contributed by atoms with E-state index in [2.05, 4.69) is 36.2 Å². The van der Waals surface area contributed by atoms with Gasteiger partial charge in [-0.25, -0.2) is 15.0 Å². The second-order valence-electron chi connectivity index (χ2n) is 6.37. The number of hydrogen-bond acceptors (Lipinski definition) is 8. The molecule has 1 saturated heterocycles. The predicted molar refractivity (Wildman–Crippen MR) is 103 cm³/mol. The molecule has 4 rings (SSSR count). The van der Waals surface area contributed by atoms with Gasteiger partial charge in [0.1, 0.15) is 18.0 Å². The van der Waals surface area contributed by atoms with E-state index in [1.165, 1.54) is 4.70 Å². The fraction of sp³-hybridized carbons (Fsp3) is 0.412. The van der Waals surface area contributed by atoms with Crippen LogP contribution in [0.4, 0.5) is 17.6 Å². The van der Waals surface area contributed by atoms with E-state index in [1.54, 1.807) is 17.7 Å². The number of hydrogen-bond donors (Lipinski definition) is 0. The lowest BCUT2D eigenvalue weighted by Crippen LogP contribution is -2.47. The molecule has 0 spiro atoms. The normalized spacial score (nSPS) is 15.0. The van der Waals surface area contributed by atoms with Crippen LogP contribution in [0.3, 0.4) is 0 Å². The molecule has 0 N–H and O–H groups in total. The van der Waals surface area contributed by atoms with Gasteiger partial charge < -0.3 is 14.7 Å². The molecule has 0 atom stereocenters. The highest BCUT2D eigenvalue weighted by atomic mass is 32.1. The van der Waals surface area contributed by atoms with Crippen molar-refractivity contribution in [1.29, 1.82) is 0 Å². The topological polar surface area (TPSA) is 61.3 Å². The first kappa shape index (κ1) is 16.0. The molecular weight excluding hydrogens is 334 g/mol. The van der Waals surface area contributed by atoms with E-state index in [-0.39, 0.29) is 0 Å². The monoisotopic (exact) mass is 355 g/mol. The molecule has 7 nitrogen and oxygen atoms in total. The van der Waals surface area contributed by atoms with E-state index in [1.807, 2.05) is 32.0 Å². The molecule has 0 bridgehead atoms. The van der Waals surface area contributed by atoms with E-state index in [0.29, 0.717) is 0 Å². The van der Waals surface area contributed by atoms with Crippen LogP contribution in [0.25, 0.3) is 10.2 Å². The van der Waals surface area contributed by atoms with Crippen LogP contribution in [-0.2, 0) is 0 Å². The largest absolute Gasteiger partial charge is 0.353 e. The third kappa shape index (κ3) is 3.09. The fourth-order valence-electron chi connectivity index (χ4n) is 3.05. The molecule has 1 fully saturated rings. The first-order valence-electron chi connectivity index (χ1n) is 8.33. The number of anilines is 3. The predicted octanol–water partition coefficient (Wildman–Crippen LogP) is 2.18. The first-order valence-corrected chi connectivity index (χ1v) is 9.21. The van der Waals surface area contributed by atoms with E-state index >= 15 is 0 Å². The molecule has 0 amide bonds. The Morgan fingerprint density at radius 1 is 1.04 bits per heavy atom. The number of aryl methyl sites for hydroxylation is 1. The molecule has 0 unspecified atom stereocenters. The lowest BCUT2D eigenvalue weighted by atomic mass is 10.3. The Bertz CT molecular complexity index is 884. The maximum absolute atomic E-state index is 4.69. The quantitative estimate of drug-likeness (QED) is 0.713. The van der Waals surface area contributed by atoms with Crippen molar-refractivity contribution >= 4 is 39.1 Å². The minimum absolute atomic E-state index is 0.758. The smallest absolute Gasteiger partial charge is 0.226 e. The Morgan fingerprint density at radius 2 is 1.80 bits per heavy atom. The molecule has 3 aromatic rings. The van der Waals surface area contributed by atoms with Gasteiger partial charge in [-0.15, -0.1) is 11.3 Å². The molecule has 1 aliphatic rings. The van der Waals surface area contributed by atoms with Crippen molar-refractivity contribution in [2.24, 2.45) is 0 Å². The van der Waals surface area contributed by atoms with Gasteiger partial charge in [-0.05, 0) is 18.4 Å². The summed E-state index contributed by atoms with van der Waals surface area (Å²) in [6.07, 6.45) is 1.66. The Kier molecular flexibility index (Phi) is 4.12. The second-order valence-corrected chi connectivity index (χ2v) is 7.28. The average Bonchev–Trinajstić information content (AvgIpc) is 3.10. The molecule has 0 aliphatic carbocycles. The van der Waals surface area contributed by atoms with Gasteiger partial charge in [-0.2, -0.15) is 4.98 Å². The lowest BCUT2D eigenvalue weighted by molar-refractivity contribution is 0.642. The summed E-state index contributed by atoms with van der Waals surface area (Å²) < 4.78 is 1.17. The first-order chi connectivity index (χ1) is 12.1. The molecule has 0 aromatic carbocycles. The van der Waals surface area contributed by atoms with Crippen LogP contribution >= 0.6 is 11.3 Å². The molecule has 3 aromatic heterocycles. The average molecular weight is 355 g/mol. The SMILES string of the molecule is Cc1cc(N2CCN(c3ncnc4ccsc34)CC2)nc(N(C)C)n1. The Morgan fingerprint density at radius 3 is 2.56 bits per heavy atom. The Balaban J connectivity index is 1.53. The highest BCUT2D eigenvalue weighted by Gasteiger charge is 2.22. The van der Waals surface area contributed by atoms with E-state index in [0.717, 1.165) is 55.0 Å². The van der Waals surface area contributed by atoms with E-state index < -0.39 is 0 Å². The van der Waals surface area contributed by atoms with Crippen LogP contribution < -0.4 is 14.7 Å². The molecule has 4 heterocycles. The summed E-state index contributed by atoms with van der Waals surface area (Å²) in [4.78, 5) is 24.7. The number of nitrogens with zero attached hydrogens (tertiary/aromatic N) is 7. The molecule has 1 aliphatic heterocycles. The summed E-state index contributed by atoms with van der Waals surface area (Å²) in [6, 6.07) is 4.11. The number of piperazine rings is 1. The minimum atomic E-state index is 0.758. The van der Waals surface area contributed by atoms with Crippen molar-refractivity contribution in [1.82, 2.24) is 19.9 Å². The maximum atomic E-state index is 4.69. The van der Waals surface area contributed by atoms with Crippen LogP contribution in [0.1, 0.15) is 5.69 Å². The van der Waals surface area contributed by atoms with Crippen LogP contribution in [-0.4, -0.2) is 60.2 Å². The van der Waals surface area contributed by atoms with Crippen LogP contribution in [0.15, 0.2) is 23.8 Å². The molecule has 130 valence electrons. The van der Waals surface area contributed by atoms with Gasteiger partial charge in [-0.3, -0.25) is 0 Å². The fourth-order valence-corrected chi connectivity index (χ4v) is 3.91. The minimum Gasteiger partial charge on any atom is -0.353 e. The van der Waals surface area contributed by atoms with Crippen LogP contribution in [0, 0.1) is 6.92 Å². The standard InChI is InChI=1S/C17H21N7S/c1-12-10-14(21-17(20-12)22(2)3)23-5-7-24(8-6-23)16-15-13(4-9-25-15)18-11-19-16/h4,9-11H,5-8H2,1-3H3. The number of rotatable bonds is 3. The van der Waals surface area contributed by atoms with E-state index in [9.17, 15) is 0 Å². The Labute approximate surface area is 151 Å². The highest BCUT2D eigenvalue weighted by molar-refractivity contribution is 7.17. The summed E-state index contributed by atoms with van der Waals surface area (Å²) in [5.41, 5.74) is 2.02. The van der Waals surface area contributed by atoms with E-state index in [4.69, 9.17) is 4.98 Å². The van der Waals surface area contributed by atoms with Crippen molar-refractivity contribution in [2.75, 3.05) is 55.0 Å².